The molecule has 2 aromatic carbocycles. The van der Waals surface area contributed by atoms with E-state index in [1.54, 1.807) is 0 Å². The first kappa shape index (κ1) is 18.6. The van der Waals surface area contributed by atoms with Gasteiger partial charge in [-0.3, -0.25) is 4.79 Å². The van der Waals surface area contributed by atoms with E-state index in [0.717, 1.165) is 47.1 Å². The van der Waals surface area contributed by atoms with E-state index in [1.807, 2.05) is 18.2 Å². The molecule has 0 unspecified atom stereocenters. The van der Waals surface area contributed by atoms with Crippen LogP contribution in [0.15, 0.2) is 53.3 Å². The van der Waals surface area contributed by atoms with Crippen LogP contribution in [0.1, 0.15) is 31.4 Å². The molecule has 0 aliphatic carbocycles. The molecule has 0 saturated carbocycles. The topological polar surface area (TPSA) is 48.1 Å². The molecule has 1 aromatic heterocycles. The number of hydrogen-bond donors (Lipinski definition) is 2. The molecule has 1 fully saturated rings. The van der Waals surface area contributed by atoms with Crippen LogP contribution in [0.3, 0.4) is 0 Å². The van der Waals surface area contributed by atoms with Crippen molar-refractivity contribution in [2.24, 2.45) is 11.8 Å². The van der Waals surface area contributed by atoms with Gasteiger partial charge >= 0.3 is 0 Å². The van der Waals surface area contributed by atoms with E-state index in [1.165, 1.54) is 17.7 Å². The number of H-pyrrole nitrogens is 1. The second-order valence-corrected chi connectivity index (χ2v) is 8.47. The van der Waals surface area contributed by atoms with Crippen molar-refractivity contribution in [1.29, 1.82) is 0 Å². The van der Waals surface area contributed by atoms with Gasteiger partial charge in [0.25, 0.3) is 5.56 Å². The van der Waals surface area contributed by atoms with E-state index in [-0.39, 0.29) is 5.56 Å². The zero-order valence-electron chi connectivity index (χ0n) is 17.0. The second kappa shape index (κ2) is 7.70. The molecule has 0 spiro atoms. The summed E-state index contributed by atoms with van der Waals surface area (Å²) >= 11 is 0. The van der Waals surface area contributed by atoms with E-state index in [4.69, 9.17) is 0 Å². The summed E-state index contributed by atoms with van der Waals surface area (Å²) in [5.41, 5.74) is 5.11. The number of piperidine rings is 1. The minimum Gasteiger partial charge on any atom is -0.381 e. The van der Waals surface area contributed by atoms with Crippen molar-refractivity contribution in [2.75, 3.05) is 23.3 Å². The molecule has 0 bridgehead atoms. The average Bonchev–Trinajstić information content (AvgIpc) is 2.66. The minimum absolute atomic E-state index is 0.0308. The number of anilines is 2. The molecule has 1 aliphatic rings. The van der Waals surface area contributed by atoms with Gasteiger partial charge in [-0.2, -0.15) is 0 Å². The number of rotatable bonds is 4. The highest BCUT2D eigenvalue weighted by Gasteiger charge is 2.21. The Morgan fingerprint density at radius 3 is 2.46 bits per heavy atom. The van der Waals surface area contributed by atoms with Crippen molar-refractivity contribution in [1.82, 2.24) is 4.98 Å². The molecule has 28 heavy (non-hydrogen) atoms. The standard InChI is InChI=1S/C24H29N3O/c1-16-4-9-23-19(11-16)12-20(24(28)26-23)13-25-21-5-7-22(8-6-21)27-14-17(2)10-18(3)15-27/h4-9,11-12,17-18,25H,10,13-15H2,1-3H3,(H,26,28)/t17-,18-/m0/s1. The first-order valence-electron chi connectivity index (χ1n) is 10.2. The number of hydrogen-bond acceptors (Lipinski definition) is 3. The quantitative estimate of drug-likeness (QED) is 0.680. The molecule has 2 N–H and O–H groups in total. The van der Waals surface area contributed by atoms with Crippen LogP contribution < -0.4 is 15.8 Å². The lowest BCUT2D eigenvalue weighted by atomic mass is 9.91. The fourth-order valence-corrected chi connectivity index (χ4v) is 4.36. The van der Waals surface area contributed by atoms with E-state index in [2.05, 4.69) is 66.3 Å². The normalized spacial score (nSPS) is 19.8. The van der Waals surface area contributed by atoms with Crippen LogP contribution >= 0.6 is 0 Å². The molecular formula is C24H29N3O. The largest absolute Gasteiger partial charge is 0.381 e. The summed E-state index contributed by atoms with van der Waals surface area (Å²) in [6.45, 7) is 9.50. The lowest BCUT2D eigenvalue weighted by Crippen LogP contribution is -2.38. The predicted molar refractivity (Wildman–Crippen MR) is 118 cm³/mol. The van der Waals surface area contributed by atoms with Crippen LogP contribution in [0.5, 0.6) is 0 Å². The summed E-state index contributed by atoms with van der Waals surface area (Å²) in [6.07, 6.45) is 1.32. The van der Waals surface area contributed by atoms with Crippen LogP contribution in [-0.4, -0.2) is 18.1 Å². The van der Waals surface area contributed by atoms with Gasteiger partial charge in [0.2, 0.25) is 0 Å². The zero-order valence-corrected chi connectivity index (χ0v) is 17.0. The third kappa shape index (κ3) is 4.06. The van der Waals surface area contributed by atoms with Crippen LogP contribution in [0.25, 0.3) is 10.9 Å². The number of aryl methyl sites for hydroxylation is 1. The van der Waals surface area contributed by atoms with Crippen LogP contribution in [0.4, 0.5) is 11.4 Å². The first-order valence-corrected chi connectivity index (χ1v) is 10.2. The van der Waals surface area contributed by atoms with Crippen molar-refractivity contribution in [2.45, 2.75) is 33.7 Å². The first-order chi connectivity index (χ1) is 13.5. The number of fused-ring (bicyclic) bond motifs is 1. The molecule has 2 heterocycles. The predicted octanol–water partition coefficient (Wildman–Crippen LogP) is 4.93. The van der Waals surface area contributed by atoms with Crippen molar-refractivity contribution in [3.8, 4) is 0 Å². The average molecular weight is 376 g/mol. The van der Waals surface area contributed by atoms with Crippen molar-refractivity contribution in [3.05, 3.63) is 70.0 Å². The third-order valence-electron chi connectivity index (χ3n) is 5.66. The summed E-state index contributed by atoms with van der Waals surface area (Å²) in [5, 5.41) is 4.46. The number of benzene rings is 2. The maximum Gasteiger partial charge on any atom is 0.253 e. The van der Waals surface area contributed by atoms with Crippen molar-refractivity contribution in [3.63, 3.8) is 0 Å². The van der Waals surface area contributed by atoms with Gasteiger partial charge < -0.3 is 15.2 Å². The number of nitrogens with one attached hydrogen (secondary N) is 2. The Bertz CT molecular complexity index is 1010. The SMILES string of the molecule is Cc1ccc2[nH]c(=O)c(CNc3ccc(N4C[C@@H](C)C[C@H](C)C4)cc3)cc2c1. The van der Waals surface area contributed by atoms with Gasteiger partial charge in [-0.05, 0) is 73.0 Å². The number of pyridine rings is 1. The monoisotopic (exact) mass is 375 g/mol. The molecule has 4 heteroatoms. The molecule has 2 atom stereocenters. The van der Waals surface area contributed by atoms with Crippen molar-refractivity contribution >= 4 is 22.3 Å². The fraction of sp³-hybridized carbons (Fsp3) is 0.375. The number of nitrogens with zero attached hydrogens (tertiary/aromatic N) is 1. The fourth-order valence-electron chi connectivity index (χ4n) is 4.36. The van der Waals surface area contributed by atoms with Gasteiger partial charge in [0, 0.05) is 42.1 Å². The maximum absolute atomic E-state index is 12.4. The third-order valence-corrected chi connectivity index (χ3v) is 5.66. The Morgan fingerprint density at radius 2 is 1.75 bits per heavy atom. The second-order valence-electron chi connectivity index (χ2n) is 8.47. The highest BCUT2D eigenvalue weighted by Crippen LogP contribution is 2.27. The molecule has 0 radical (unpaired) electrons. The van der Waals surface area contributed by atoms with E-state index in [9.17, 15) is 4.79 Å². The Morgan fingerprint density at radius 1 is 1.04 bits per heavy atom. The van der Waals surface area contributed by atoms with Gasteiger partial charge in [0.15, 0.2) is 0 Å². The summed E-state index contributed by atoms with van der Waals surface area (Å²) in [4.78, 5) is 17.8. The highest BCUT2D eigenvalue weighted by atomic mass is 16.1. The lowest BCUT2D eigenvalue weighted by Gasteiger charge is -2.36. The van der Waals surface area contributed by atoms with Crippen LogP contribution in [0, 0.1) is 18.8 Å². The Kier molecular flexibility index (Phi) is 5.12. The van der Waals surface area contributed by atoms with Gasteiger partial charge in [0.1, 0.15) is 0 Å². The van der Waals surface area contributed by atoms with Crippen LogP contribution in [-0.2, 0) is 6.54 Å². The lowest BCUT2D eigenvalue weighted by molar-refractivity contribution is 0.357. The molecule has 4 nitrogen and oxygen atoms in total. The van der Waals surface area contributed by atoms with E-state index < -0.39 is 0 Å². The van der Waals surface area contributed by atoms with Crippen molar-refractivity contribution < 1.29 is 0 Å². The highest BCUT2D eigenvalue weighted by molar-refractivity contribution is 5.79. The van der Waals surface area contributed by atoms with Gasteiger partial charge in [-0.25, -0.2) is 0 Å². The molecule has 1 saturated heterocycles. The van der Waals surface area contributed by atoms with Crippen LogP contribution in [0.2, 0.25) is 0 Å². The summed E-state index contributed by atoms with van der Waals surface area (Å²) in [6, 6.07) is 16.6. The molecule has 0 amide bonds. The Labute approximate surface area is 166 Å². The summed E-state index contributed by atoms with van der Waals surface area (Å²) < 4.78 is 0. The summed E-state index contributed by atoms with van der Waals surface area (Å²) in [5.74, 6) is 1.48. The smallest absolute Gasteiger partial charge is 0.253 e. The minimum atomic E-state index is -0.0308. The molecular weight excluding hydrogens is 346 g/mol. The molecule has 146 valence electrons. The molecule has 3 aromatic rings. The maximum atomic E-state index is 12.4. The van der Waals surface area contributed by atoms with Gasteiger partial charge in [-0.15, -0.1) is 0 Å². The number of aromatic nitrogens is 1. The summed E-state index contributed by atoms with van der Waals surface area (Å²) in [7, 11) is 0. The molecule has 1 aliphatic heterocycles. The Balaban J connectivity index is 1.46. The van der Waals surface area contributed by atoms with E-state index >= 15 is 0 Å². The Hall–Kier alpha value is -2.75. The zero-order chi connectivity index (χ0) is 19.7. The molecule has 4 rings (SSSR count). The van der Waals surface area contributed by atoms with E-state index in [0.29, 0.717) is 6.54 Å². The van der Waals surface area contributed by atoms with Gasteiger partial charge in [0.05, 0.1) is 0 Å². The van der Waals surface area contributed by atoms with Gasteiger partial charge in [-0.1, -0.05) is 25.5 Å². The number of aromatic amines is 1.